The minimum Gasteiger partial charge on any atom is -0.481 e. The number of rotatable bonds is 10. The van der Waals surface area contributed by atoms with Crippen LogP contribution in [0.5, 0.6) is 0 Å². The number of carboxylic acid groups (broad SMARTS) is 2. The van der Waals surface area contributed by atoms with Gasteiger partial charge in [0.05, 0.1) is 12.1 Å². The van der Waals surface area contributed by atoms with Crippen LogP contribution in [0.15, 0.2) is 24.4 Å². The zero-order chi connectivity index (χ0) is 17.5. The Kier molecular flexibility index (Phi) is 7.39. The van der Waals surface area contributed by atoms with E-state index in [0.717, 1.165) is 0 Å². The Balaban J connectivity index is 3.02. The Hall–Kier alpha value is -1.72. The van der Waals surface area contributed by atoms with E-state index in [9.17, 15) is 24.2 Å². The van der Waals surface area contributed by atoms with Gasteiger partial charge in [-0.3, -0.25) is 19.1 Å². The largest absolute Gasteiger partial charge is 0.481 e. The Labute approximate surface area is 134 Å². The summed E-state index contributed by atoms with van der Waals surface area (Å²) in [6.45, 7) is 1.80. The molecule has 3 N–H and O–H groups in total. The van der Waals surface area contributed by atoms with E-state index in [1.165, 1.54) is 6.20 Å². The first-order valence-electron chi connectivity index (χ1n) is 7.44. The first-order valence-corrected chi connectivity index (χ1v) is 9.35. The molecule has 0 spiro atoms. The molecule has 0 amide bonds. The van der Waals surface area contributed by atoms with E-state index in [1.807, 2.05) is 0 Å². The van der Waals surface area contributed by atoms with Crippen LogP contribution in [0.1, 0.15) is 38.3 Å². The Bertz CT molecular complexity index is 577. The van der Waals surface area contributed by atoms with Gasteiger partial charge in [-0.1, -0.05) is 19.4 Å². The van der Waals surface area contributed by atoms with Gasteiger partial charge < -0.3 is 15.1 Å². The molecule has 0 aromatic carbocycles. The lowest BCUT2D eigenvalue weighted by molar-refractivity contribution is -0.143. The number of hydrogen-bond acceptors (Lipinski definition) is 4. The Morgan fingerprint density at radius 1 is 1.26 bits per heavy atom. The zero-order valence-electron chi connectivity index (χ0n) is 13.0. The van der Waals surface area contributed by atoms with Crippen molar-refractivity contribution in [1.29, 1.82) is 0 Å². The minimum atomic E-state index is -3.85. The van der Waals surface area contributed by atoms with Crippen LogP contribution in [0, 0.1) is 5.92 Å². The second-order valence-corrected chi connectivity index (χ2v) is 7.96. The van der Waals surface area contributed by atoms with Gasteiger partial charge in [0, 0.05) is 24.0 Å². The summed E-state index contributed by atoms with van der Waals surface area (Å²) < 4.78 is 12.8. The third-order valence-corrected chi connectivity index (χ3v) is 6.10. The maximum absolute atomic E-state index is 12.8. The predicted octanol–water partition coefficient (Wildman–Crippen LogP) is 2.59. The van der Waals surface area contributed by atoms with E-state index in [1.54, 1.807) is 25.1 Å². The SMILES string of the molecule is CCCC(C(CCC(=O)O)C(=O)O)P(=O)(O)Cc1ccccn1. The van der Waals surface area contributed by atoms with Crippen molar-refractivity contribution < 1.29 is 29.3 Å². The molecule has 7 nitrogen and oxygen atoms in total. The molecule has 128 valence electrons. The van der Waals surface area contributed by atoms with Gasteiger partial charge in [0.25, 0.3) is 0 Å². The molecule has 23 heavy (non-hydrogen) atoms. The molecule has 1 rings (SSSR count). The molecule has 0 bridgehead atoms. The molecule has 0 saturated heterocycles. The molecule has 3 atom stereocenters. The average Bonchev–Trinajstić information content (AvgIpc) is 2.46. The topological polar surface area (TPSA) is 125 Å². The normalized spacial score (nSPS) is 16.3. The third-order valence-electron chi connectivity index (χ3n) is 3.67. The van der Waals surface area contributed by atoms with Crippen LogP contribution in [0.2, 0.25) is 0 Å². The number of aliphatic carboxylic acids is 2. The highest BCUT2D eigenvalue weighted by Crippen LogP contribution is 2.54. The first-order chi connectivity index (χ1) is 10.8. The van der Waals surface area contributed by atoms with Crippen LogP contribution >= 0.6 is 7.37 Å². The number of aromatic nitrogens is 1. The smallest absolute Gasteiger partial charge is 0.307 e. The fourth-order valence-electron chi connectivity index (χ4n) is 2.58. The van der Waals surface area contributed by atoms with Crippen LogP contribution < -0.4 is 0 Å². The van der Waals surface area contributed by atoms with Crippen LogP contribution in [-0.4, -0.2) is 37.7 Å². The van der Waals surface area contributed by atoms with Crippen molar-refractivity contribution in [3.63, 3.8) is 0 Å². The van der Waals surface area contributed by atoms with Crippen molar-refractivity contribution in [3.05, 3.63) is 30.1 Å². The van der Waals surface area contributed by atoms with E-state index in [4.69, 9.17) is 5.11 Å². The minimum absolute atomic E-state index is 0.165. The number of pyridine rings is 1. The van der Waals surface area contributed by atoms with E-state index < -0.39 is 30.9 Å². The number of nitrogens with zero attached hydrogens (tertiary/aromatic N) is 1. The number of carboxylic acids is 2. The molecule has 1 heterocycles. The highest BCUT2D eigenvalue weighted by atomic mass is 31.2. The quantitative estimate of drug-likeness (QED) is 0.558. The van der Waals surface area contributed by atoms with Crippen molar-refractivity contribution in [2.45, 2.75) is 44.4 Å². The molecule has 1 aromatic heterocycles. The van der Waals surface area contributed by atoms with Crippen LogP contribution in [0.4, 0.5) is 0 Å². The summed E-state index contributed by atoms with van der Waals surface area (Å²) in [5.41, 5.74) is -0.562. The molecule has 0 aliphatic carbocycles. The van der Waals surface area contributed by atoms with Gasteiger partial charge in [-0.15, -0.1) is 0 Å². The van der Waals surface area contributed by atoms with Crippen molar-refractivity contribution in [2.75, 3.05) is 0 Å². The molecule has 0 aliphatic rings. The van der Waals surface area contributed by atoms with Crippen LogP contribution in [-0.2, 0) is 20.3 Å². The van der Waals surface area contributed by atoms with Gasteiger partial charge >= 0.3 is 11.9 Å². The van der Waals surface area contributed by atoms with Gasteiger partial charge in [0.15, 0.2) is 0 Å². The predicted molar refractivity (Wildman–Crippen MR) is 84.5 cm³/mol. The van der Waals surface area contributed by atoms with Gasteiger partial charge in [-0.25, -0.2) is 0 Å². The number of hydrogen-bond donors (Lipinski definition) is 3. The monoisotopic (exact) mass is 343 g/mol. The van der Waals surface area contributed by atoms with E-state index in [-0.39, 0.29) is 25.4 Å². The van der Waals surface area contributed by atoms with Crippen LogP contribution in [0.25, 0.3) is 0 Å². The summed E-state index contributed by atoms with van der Waals surface area (Å²) in [4.78, 5) is 36.7. The Morgan fingerprint density at radius 3 is 2.43 bits per heavy atom. The summed E-state index contributed by atoms with van der Waals surface area (Å²) in [6, 6.07) is 4.98. The van der Waals surface area contributed by atoms with Gasteiger partial charge in [0.1, 0.15) is 0 Å². The fraction of sp³-hybridized carbons (Fsp3) is 0.533. The van der Waals surface area contributed by atoms with Gasteiger partial charge in [-0.2, -0.15) is 0 Å². The van der Waals surface area contributed by atoms with Crippen LogP contribution in [0.3, 0.4) is 0 Å². The average molecular weight is 343 g/mol. The van der Waals surface area contributed by atoms with Crippen molar-refractivity contribution in [1.82, 2.24) is 4.98 Å². The van der Waals surface area contributed by atoms with E-state index >= 15 is 0 Å². The maximum atomic E-state index is 12.8. The van der Waals surface area contributed by atoms with Gasteiger partial charge in [-0.05, 0) is 25.0 Å². The lowest BCUT2D eigenvalue weighted by atomic mass is 9.96. The highest BCUT2D eigenvalue weighted by Gasteiger charge is 2.40. The second kappa shape index (κ2) is 8.79. The molecule has 0 aliphatic heterocycles. The van der Waals surface area contributed by atoms with Crippen molar-refractivity contribution in [2.24, 2.45) is 5.92 Å². The second-order valence-electron chi connectivity index (χ2n) is 5.47. The lowest BCUT2D eigenvalue weighted by Gasteiger charge is -2.28. The maximum Gasteiger partial charge on any atom is 0.307 e. The molecule has 0 saturated carbocycles. The molecule has 1 aromatic rings. The molecule has 8 heteroatoms. The zero-order valence-corrected chi connectivity index (χ0v) is 13.9. The van der Waals surface area contributed by atoms with Gasteiger partial charge in [0.2, 0.25) is 7.37 Å². The fourth-order valence-corrected chi connectivity index (χ4v) is 4.97. The summed E-state index contributed by atoms with van der Waals surface area (Å²) in [6.07, 6.45) is 1.56. The highest BCUT2D eigenvalue weighted by molar-refractivity contribution is 7.58. The summed E-state index contributed by atoms with van der Waals surface area (Å²) in [5.74, 6) is -3.52. The first kappa shape index (κ1) is 19.3. The third kappa shape index (κ3) is 6.12. The summed E-state index contributed by atoms with van der Waals surface area (Å²) >= 11 is 0. The molecule has 3 unspecified atom stereocenters. The summed E-state index contributed by atoms with van der Waals surface area (Å²) in [5, 5.41) is 18.1. The Morgan fingerprint density at radius 2 is 1.96 bits per heavy atom. The molecular formula is C15H22NO6P. The van der Waals surface area contributed by atoms with Crippen molar-refractivity contribution >= 4 is 19.3 Å². The molecule has 0 radical (unpaired) electrons. The van der Waals surface area contributed by atoms with Crippen molar-refractivity contribution in [3.8, 4) is 0 Å². The number of carbonyl (C=O) groups is 2. The van der Waals surface area contributed by atoms with E-state index in [0.29, 0.717) is 12.1 Å². The van der Waals surface area contributed by atoms with E-state index in [2.05, 4.69) is 4.98 Å². The molecule has 0 fully saturated rings. The molecular weight excluding hydrogens is 321 g/mol. The standard InChI is InChI=1S/C15H22NO6P/c1-2-5-13(12(15(19)20)7-8-14(17)18)23(21,22)10-11-6-3-4-9-16-11/h3-4,6,9,12-13H,2,5,7-8,10H2,1H3,(H,17,18)(H,19,20)(H,21,22). The summed E-state index contributed by atoms with van der Waals surface area (Å²) in [7, 11) is -3.85. The lowest BCUT2D eigenvalue weighted by Crippen LogP contribution is -2.29.